The van der Waals surface area contributed by atoms with Gasteiger partial charge in [-0.05, 0) is 49.0 Å². The minimum atomic E-state index is -3.76. The van der Waals surface area contributed by atoms with Gasteiger partial charge in [-0.25, -0.2) is 17.9 Å². The van der Waals surface area contributed by atoms with E-state index in [0.717, 1.165) is 5.56 Å². The summed E-state index contributed by atoms with van der Waals surface area (Å²) in [4.78, 5) is 13.7. The highest BCUT2D eigenvalue weighted by atomic mass is 32.2. The van der Waals surface area contributed by atoms with Crippen molar-refractivity contribution < 1.29 is 17.6 Å². The van der Waals surface area contributed by atoms with E-state index in [1.807, 2.05) is 0 Å². The molecular formula is C16H18FN3O3S. The first-order chi connectivity index (χ1) is 11.2. The number of carbonyl (C=O) groups excluding carboxylic acids is 1. The zero-order valence-electron chi connectivity index (χ0n) is 13.1. The van der Waals surface area contributed by atoms with Gasteiger partial charge in [0.2, 0.25) is 15.9 Å². The van der Waals surface area contributed by atoms with Gasteiger partial charge in [0.15, 0.2) is 0 Å². The van der Waals surface area contributed by atoms with Gasteiger partial charge in [0, 0.05) is 12.2 Å². The van der Waals surface area contributed by atoms with Crippen LogP contribution in [-0.2, 0) is 21.4 Å². The molecule has 2 aromatic carbocycles. The number of hydrogen-bond donors (Lipinski definition) is 2. The highest BCUT2D eigenvalue weighted by Gasteiger charge is 2.10. The minimum absolute atomic E-state index is 0.0243. The van der Waals surface area contributed by atoms with Gasteiger partial charge >= 0.3 is 0 Å². The van der Waals surface area contributed by atoms with Crippen LogP contribution in [0.15, 0.2) is 53.4 Å². The third-order valence-corrected chi connectivity index (χ3v) is 4.15. The number of hydrogen-bond acceptors (Lipinski definition) is 4. The van der Waals surface area contributed by atoms with Crippen LogP contribution in [0.1, 0.15) is 5.56 Å². The number of halogens is 1. The molecule has 128 valence electrons. The van der Waals surface area contributed by atoms with E-state index in [4.69, 9.17) is 5.14 Å². The van der Waals surface area contributed by atoms with Gasteiger partial charge in [0.05, 0.1) is 11.4 Å². The standard InChI is InChI=1S/C16H18FN3O3S/c1-20(10-12-3-2-4-13(17)9-12)11-16(21)19-14-5-7-15(8-6-14)24(18,22)23/h2-9H,10-11H2,1H3,(H,19,21)(H2,18,22,23). The fraction of sp³-hybridized carbons (Fsp3) is 0.188. The molecule has 0 radical (unpaired) electrons. The van der Waals surface area contributed by atoms with E-state index in [2.05, 4.69) is 5.32 Å². The van der Waals surface area contributed by atoms with Crippen molar-refractivity contribution >= 4 is 21.6 Å². The number of nitrogens with two attached hydrogens (primary N) is 1. The van der Waals surface area contributed by atoms with Crippen LogP contribution < -0.4 is 10.5 Å². The van der Waals surface area contributed by atoms with Crippen LogP contribution >= 0.6 is 0 Å². The Kier molecular flexibility index (Phi) is 5.66. The van der Waals surface area contributed by atoms with Gasteiger partial charge in [-0.2, -0.15) is 0 Å². The lowest BCUT2D eigenvalue weighted by atomic mass is 10.2. The summed E-state index contributed by atoms with van der Waals surface area (Å²) >= 11 is 0. The Morgan fingerprint density at radius 2 is 1.88 bits per heavy atom. The maximum absolute atomic E-state index is 13.1. The number of benzene rings is 2. The molecule has 0 saturated heterocycles. The lowest BCUT2D eigenvalue weighted by Gasteiger charge is -2.16. The molecule has 0 aliphatic heterocycles. The molecule has 8 heteroatoms. The number of carbonyl (C=O) groups is 1. The maximum atomic E-state index is 13.1. The lowest BCUT2D eigenvalue weighted by molar-refractivity contribution is -0.117. The van der Waals surface area contributed by atoms with Crippen molar-refractivity contribution in [2.75, 3.05) is 18.9 Å². The Morgan fingerprint density at radius 3 is 2.46 bits per heavy atom. The van der Waals surface area contributed by atoms with Crippen LogP contribution in [0.2, 0.25) is 0 Å². The largest absolute Gasteiger partial charge is 0.325 e. The molecule has 2 rings (SSSR count). The molecule has 0 fully saturated rings. The van der Waals surface area contributed by atoms with Crippen molar-refractivity contribution in [3.05, 3.63) is 59.9 Å². The molecule has 2 aromatic rings. The molecule has 0 heterocycles. The summed E-state index contributed by atoms with van der Waals surface area (Å²) in [6, 6.07) is 11.7. The first kappa shape index (κ1) is 18.1. The second kappa shape index (κ2) is 7.52. The Balaban J connectivity index is 1.90. The lowest BCUT2D eigenvalue weighted by Crippen LogP contribution is -2.29. The van der Waals surface area contributed by atoms with E-state index >= 15 is 0 Å². The first-order valence-corrected chi connectivity index (χ1v) is 8.64. The fourth-order valence-corrected chi connectivity index (χ4v) is 2.69. The molecule has 0 atom stereocenters. The molecule has 0 aliphatic carbocycles. The van der Waals surface area contributed by atoms with Gasteiger partial charge in [-0.3, -0.25) is 9.69 Å². The summed E-state index contributed by atoms with van der Waals surface area (Å²) in [5.41, 5.74) is 1.23. The van der Waals surface area contributed by atoms with E-state index in [1.165, 1.54) is 36.4 Å². The highest BCUT2D eigenvalue weighted by molar-refractivity contribution is 7.89. The number of nitrogens with zero attached hydrogens (tertiary/aromatic N) is 1. The summed E-state index contributed by atoms with van der Waals surface area (Å²) in [5, 5.41) is 7.67. The van der Waals surface area contributed by atoms with Crippen LogP contribution in [0.3, 0.4) is 0 Å². The molecular weight excluding hydrogens is 333 g/mol. The third-order valence-electron chi connectivity index (χ3n) is 3.22. The predicted octanol–water partition coefficient (Wildman–Crippen LogP) is 1.54. The van der Waals surface area contributed by atoms with Crippen molar-refractivity contribution in [1.29, 1.82) is 0 Å². The minimum Gasteiger partial charge on any atom is -0.325 e. The topological polar surface area (TPSA) is 92.5 Å². The number of likely N-dealkylation sites (N-methyl/N-ethyl adjacent to an activating group) is 1. The number of sulfonamides is 1. The van der Waals surface area contributed by atoms with Gasteiger partial charge in [0.25, 0.3) is 0 Å². The van der Waals surface area contributed by atoms with E-state index in [9.17, 15) is 17.6 Å². The van der Waals surface area contributed by atoms with Crippen LogP contribution in [0.25, 0.3) is 0 Å². The Hall–Kier alpha value is -2.29. The van der Waals surface area contributed by atoms with Gasteiger partial charge < -0.3 is 5.32 Å². The van der Waals surface area contributed by atoms with Crippen molar-refractivity contribution in [1.82, 2.24) is 4.90 Å². The van der Waals surface area contributed by atoms with E-state index in [-0.39, 0.29) is 23.2 Å². The van der Waals surface area contributed by atoms with Crippen LogP contribution in [0.4, 0.5) is 10.1 Å². The predicted molar refractivity (Wildman–Crippen MR) is 89.2 cm³/mol. The molecule has 6 nitrogen and oxygen atoms in total. The van der Waals surface area contributed by atoms with Crippen molar-refractivity contribution in [3.63, 3.8) is 0 Å². The van der Waals surface area contributed by atoms with Crippen molar-refractivity contribution in [2.24, 2.45) is 5.14 Å². The van der Waals surface area contributed by atoms with E-state index in [0.29, 0.717) is 12.2 Å². The summed E-state index contributed by atoms with van der Waals surface area (Å²) in [6.45, 7) is 0.531. The van der Waals surface area contributed by atoms with Crippen LogP contribution in [0.5, 0.6) is 0 Å². The highest BCUT2D eigenvalue weighted by Crippen LogP contribution is 2.13. The zero-order chi connectivity index (χ0) is 17.7. The van der Waals surface area contributed by atoms with Gasteiger partial charge in [-0.15, -0.1) is 0 Å². The van der Waals surface area contributed by atoms with E-state index < -0.39 is 10.0 Å². The molecule has 24 heavy (non-hydrogen) atoms. The molecule has 0 unspecified atom stereocenters. The maximum Gasteiger partial charge on any atom is 0.238 e. The van der Waals surface area contributed by atoms with Gasteiger partial charge in [0.1, 0.15) is 5.82 Å². The van der Waals surface area contributed by atoms with Crippen LogP contribution in [-0.4, -0.2) is 32.8 Å². The Morgan fingerprint density at radius 1 is 1.21 bits per heavy atom. The molecule has 0 aromatic heterocycles. The molecule has 0 saturated carbocycles. The number of nitrogens with one attached hydrogen (secondary N) is 1. The monoisotopic (exact) mass is 351 g/mol. The third kappa shape index (κ3) is 5.41. The van der Waals surface area contributed by atoms with Crippen molar-refractivity contribution in [2.45, 2.75) is 11.4 Å². The quantitative estimate of drug-likeness (QED) is 0.826. The molecule has 1 amide bonds. The van der Waals surface area contributed by atoms with Crippen LogP contribution in [0, 0.1) is 5.82 Å². The average Bonchev–Trinajstić information content (AvgIpc) is 2.46. The van der Waals surface area contributed by atoms with Crippen molar-refractivity contribution in [3.8, 4) is 0 Å². The SMILES string of the molecule is CN(CC(=O)Nc1ccc(S(N)(=O)=O)cc1)Cc1cccc(F)c1. The molecule has 3 N–H and O–H groups in total. The number of amides is 1. The number of primary sulfonamides is 1. The Bertz CT molecular complexity index is 823. The molecule has 0 bridgehead atoms. The summed E-state index contributed by atoms with van der Waals surface area (Å²) in [5.74, 6) is -0.586. The smallest absolute Gasteiger partial charge is 0.238 e. The van der Waals surface area contributed by atoms with E-state index in [1.54, 1.807) is 24.1 Å². The summed E-state index contributed by atoms with van der Waals surface area (Å²) in [6.07, 6.45) is 0. The molecule has 0 aliphatic rings. The number of anilines is 1. The summed E-state index contributed by atoms with van der Waals surface area (Å²) in [7, 11) is -2.01. The molecule has 0 spiro atoms. The zero-order valence-corrected chi connectivity index (χ0v) is 13.9. The van der Waals surface area contributed by atoms with Gasteiger partial charge in [-0.1, -0.05) is 12.1 Å². The average molecular weight is 351 g/mol. The Labute approximate surface area is 140 Å². The second-order valence-corrected chi connectivity index (χ2v) is 6.98. The first-order valence-electron chi connectivity index (χ1n) is 7.10. The number of rotatable bonds is 6. The fourth-order valence-electron chi connectivity index (χ4n) is 2.18. The summed E-state index contributed by atoms with van der Waals surface area (Å²) < 4.78 is 35.5. The normalized spacial score (nSPS) is 11.5. The second-order valence-electron chi connectivity index (χ2n) is 5.42.